The second-order valence-electron chi connectivity index (χ2n) is 4.40. The molecule has 17 heavy (non-hydrogen) atoms. The topological polar surface area (TPSA) is 52.9 Å². The van der Waals surface area contributed by atoms with Crippen LogP contribution in [0.2, 0.25) is 0 Å². The van der Waals surface area contributed by atoms with E-state index in [4.69, 9.17) is 0 Å². The first-order valence-corrected chi connectivity index (χ1v) is 6.02. The van der Waals surface area contributed by atoms with Gasteiger partial charge < -0.3 is 5.32 Å². The van der Waals surface area contributed by atoms with Crippen molar-refractivity contribution >= 4 is 5.78 Å². The van der Waals surface area contributed by atoms with Crippen molar-refractivity contribution < 1.29 is 4.79 Å². The molecular formula is C14H16N2O. The largest absolute Gasteiger partial charge is 0.317 e. The van der Waals surface area contributed by atoms with Gasteiger partial charge in [-0.15, -0.1) is 0 Å². The molecule has 1 heterocycles. The van der Waals surface area contributed by atoms with Crippen molar-refractivity contribution in [1.29, 1.82) is 5.26 Å². The molecule has 1 aliphatic rings. The quantitative estimate of drug-likeness (QED) is 0.859. The Balaban J connectivity index is 2.13. The third kappa shape index (κ3) is 2.72. The van der Waals surface area contributed by atoms with Gasteiger partial charge in [-0.05, 0) is 31.5 Å². The van der Waals surface area contributed by atoms with E-state index in [2.05, 4.69) is 11.4 Å². The van der Waals surface area contributed by atoms with Crippen LogP contribution in [0.15, 0.2) is 30.3 Å². The summed E-state index contributed by atoms with van der Waals surface area (Å²) in [7, 11) is 0. The van der Waals surface area contributed by atoms with Crippen LogP contribution in [0.5, 0.6) is 0 Å². The average molecular weight is 228 g/mol. The Morgan fingerprint density at radius 2 is 1.94 bits per heavy atom. The second kappa shape index (κ2) is 5.60. The maximum absolute atomic E-state index is 12.3. The fourth-order valence-corrected chi connectivity index (χ4v) is 2.29. The van der Waals surface area contributed by atoms with Gasteiger partial charge in [-0.25, -0.2) is 0 Å². The summed E-state index contributed by atoms with van der Waals surface area (Å²) in [4.78, 5) is 12.3. The Labute approximate surface area is 101 Å². The van der Waals surface area contributed by atoms with Gasteiger partial charge in [0.05, 0.1) is 6.07 Å². The molecule has 1 aromatic rings. The summed E-state index contributed by atoms with van der Waals surface area (Å²) >= 11 is 0. The summed E-state index contributed by atoms with van der Waals surface area (Å²) in [6, 6.07) is 11.5. The van der Waals surface area contributed by atoms with Gasteiger partial charge in [0.1, 0.15) is 5.92 Å². The number of Topliss-reactive ketones (excluding diaryl/α,β-unsaturated/α-hetero) is 1. The number of nitriles is 1. The molecule has 1 N–H and O–H groups in total. The van der Waals surface area contributed by atoms with Crippen LogP contribution in [0.1, 0.15) is 24.3 Å². The summed E-state index contributed by atoms with van der Waals surface area (Å²) in [6.45, 7) is 1.76. The highest BCUT2D eigenvalue weighted by molar-refractivity contribution is 5.90. The molecule has 88 valence electrons. The zero-order valence-electron chi connectivity index (χ0n) is 9.73. The molecule has 3 heteroatoms. The molecule has 1 aliphatic heterocycles. The Morgan fingerprint density at radius 1 is 1.29 bits per heavy atom. The number of nitrogens with zero attached hydrogens (tertiary/aromatic N) is 1. The van der Waals surface area contributed by atoms with Crippen LogP contribution in [0.3, 0.4) is 0 Å². The number of hydrogen-bond acceptors (Lipinski definition) is 3. The number of rotatable bonds is 3. The van der Waals surface area contributed by atoms with Gasteiger partial charge >= 0.3 is 0 Å². The molecule has 0 radical (unpaired) electrons. The Kier molecular flexibility index (Phi) is 3.89. The predicted molar refractivity (Wildman–Crippen MR) is 65.4 cm³/mol. The van der Waals surface area contributed by atoms with E-state index in [-0.39, 0.29) is 11.7 Å². The third-order valence-corrected chi connectivity index (χ3v) is 3.29. The van der Waals surface area contributed by atoms with Crippen LogP contribution in [0, 0.1) is 17.2 Å². The van der Waals surface area contributed by atoms with E-state index < -0.39 is 5.92 Å². The minimum absolute atomic E-state index is 0.0427. The third-order valence-electron chi connectivity index (χ3n) is 3.29. The molecule has 0 spiro atoms. The number of benzene rings is 1. The molecule has 0 amide bonds. The van der Waals surface area contributed by atoms with Crippen LogP contribution in [-0.2, 0) is 4.79 Å². The van der Waals surface area contributed by atoms with Crippen molar-refractivity contribution in [2.45, 2.75) is 18.8 Å². The monoisotopic (exact) mass is 228 g/mol. The second-order valence-corrected chi connectivity index (χ2v) is 4.40. The molecule has 1 saturated heterocycles. The molecule has 1 atom stereocenters. The number of nitrogens with one attached hydrogen (secondary N) is 1. The van der Waals surface area contributed by atoms with Crippen molar-refractivity contribution in [3.8, 4) is 6.07 Å². The molecular weight excluding hydrogens is 212 g/mol. The number of ketones is 1. The first kappa shape index (κ1) is 11.8. The number of hydrogen-bond donors (Lipinski definition) is 1. The minimum Gasteiger partial charge on any atom is -0.317 e. The number of carbonyl (C=O) groups is 1. The summed E-state index contributed by atoms with van der Waals surface area (Å²) < 4.78 is 0. The van der Waals surface area contributed by atoms with Crippen molar-refractivity contribution in [1.82, 2.24) is 5.32 Å². The summed E-state index contributed by atoms with van der Waals surface area (Å²) in [5, 5.41) is 12.4. The molecule has 3 nitrogen and oxygen atoms in total. The maximum atomic E-state index is 12.3. The zero-order valence-corrected chi connectivity index (χ0v) is 9.73. The fraction of sp³-hybridized carbons (Fsp3) is 0.429. The van der Waals surface area contributed by atoms with Crippen LogP contribution < -0.4 is 5.32 Å². The molecule has 0 bridgehead atoms. The molecule has 0 saturated carbocycles. The lowest BCUT2D eigenvalue weighted by Crippen LogP contribution is -2.33. The average Bonchev–Trinajstić information content (AvgIpc) is 2.42. The van der Waals surface area contributed by atoms with E-state index in [0.717, 1.165) is 31.5 Å². The molecule has 2 rings (SSSR count). The summed E-state index contributed by atoms with van der Waals surface area (Å²) in [5.74, 6) is -0.472. The predicted octanol–water partition coefficient (Wildman–Crippen LogP) is 1.86. The van der Waals surface area contributed by atoms with Crippen molar-refractivity contribution in [2.75, 3.05) is 13.1 Å². The van der Waals surface area contributed by atoms with Crippen LogP contribution in [-0.4, -0.2) is 18.9 Å². The zero-order chi connectivity index (χ0) is 12.1. The summed E-state index contributed by atoms with van der Waals surface area (Å²) in [5.41, 5.74) is 0.818. The number of piperidine rings is 1. The SMILES string of the molecule is N#CC(C(=O)C1CCNCC1)c1ccccc1. The number of carbonyl (C=O) groups excluding carboxylic acids is 1. The maximum Gasteiger partial charge on any atom is 0.157 e. The lowest BCUT2D eigenvalue weighted by molar-refractivity contribution is -0.123. The Bertz CT molecular complexity index is 416. The fourth-order valence-electron chi connectivity index (χ4n) is 2.29. The van der Waals surface area contributed by atoms with E-state index in [1.54, 1.807) is 0 Å². The molecule has 1 unspecified atom stereocenters. The van der Waals surface area contributed by atoms with Gasteiger partial charge in [-0.2, -0.15) is 5.26 Å². The highest BCUT2D eigenvalue weighted by Gasteiger charge is 2.28. The minimum atomic E-state index is -0.598. The molecule has 0 aliphatic carbocycles. The first-order valence-electron chi connectivity index (χ1n) is 6.02. The van der Waals surface area contributed by atoms with Crippen molar-refractivity contribution in [2.24, 2.45) is 5.92 Å². The van der Waals surface area contributed by atoms with Gasteiger partial charge in [0.15, 0.2) is 5.78 Å². The van der Waals surface area contributed by atoms with Gasteiger partial charge in [0.2, 0.25) is 0 Å². The van der Waals surface area contributed by atoms with Crippen LogP contribution in [0.4, 0.5) is 0 Å². The summed E-state index contributed by atoms with van der Waals surface area (Å²) in [6.07, 6.45) is 1.70. The highest BCUT2D eigenvalue weighted by atomic mass is 16.1. The Hall–Kier alpha value is -1.66. The normalized spacial score (nSPS) is 18.3. The highest BCUT2D eigenvalue weighted by Crippen LogP contribution is 2.24. The van der Waals surface area contributed by atoms with Gasteiger partial charge in [0, 0.05) is 5.92 Å². The van der Waals surface area contributed by atoms with Crippen LogP contribution >= 0.6 is 0 Å². The van der Waals surface area contributed by atoms with Crippen LogP contribution in [0.25, 0.3) is 0 Å². The standard InChI is InChI=1S/C14H16N2O/c15-10-13(11-4-2-1-3-5-11)14(17)12-6-8-16-9-7-12/h1-5,12-13,16H,6-9H2. The van der Waals surface area contributed by atoms with Crippen molar-refractivity contribution in [3.05, 3.63) is 35.9 Å². The lowest BCUT2D eigenvalue weighted by atomic mass is 9.84. The van der Waals surface area contributed by atoms with Crippen molar-refractivity contribution in [3.63, 3.8) is 0 Å². The van der Waals surface area contributed by atoms with Gasteiger partial charge in [0.25, 0.3) is 0 Å². The van der Waals surface area contributed by atoms with Gasteiger partial charge in [-0.3, -0.25) is 4.79 Å². The lowest BCUT2D eigenvalue weighted by Gasteiger charge is -2.23. The molecule has 0 aromatic heterocycles. The van der Waals surface area contributed by atoms with E-state index in [0.29, 0.717) is 0 Å². The van der Waals surface area contributed by atoms with Gasteiger partial charge in [-0.1, -0.05) is 30.3 Å². The van der Waals surface area contributed by atoms with E-state index in [1.165, 1.54) is 0 Å². The van der Waals surface area contributed by atoms with E-state index in [9.17, 15) is 10.1 Å². The van der Waals surface area contributed by atoms with E-state index >= 15 is 0 Å². The van der Waals surface area contributed by atoms with E-state index in [1.807, 2.05) is 30.3 Å². The Morgan fingerprint density at radius 3 is 2.53 bits per heavy atom. The molecule has 1 aromatic carbocycles. The molecule has 1 fully saturated rings. The smallest absolute Gasteiger partial charge is 0.157 e. The first-order chi connectivity index (χ1) is 8.33.